The Hall–Kier alpha value is -3.22. The van der Waals surface area contributed by atoms with E-state index in [0.29, 0.717) is 33.9 Å². The normalized spacial score (nSPS) is 11.3. The van der Waals surface area contributed by atoms with Crippen molar-refractivity contribution in [2.24, 2.45) is 0 Å². The zero-order chi connectivity index (χ0) is 20.7. The highest BCUT2D eigenvalue weighted by molar-refractivity contribution is 6.35. The van der Waals surface area contributed by atoms with Crippen LogP contribution in [0, 0.1) is 6.92 Å². The molecule has 2 N–H and O–H groups in total. The minimum Gasteiger partial charge on any atom is -0.364 e. The Morgan fingerprint density at radius 3 is 2.67 bits per heavy atom. The van der Waals surface area contributed by atoms with Gasteiger partial charge >= 0.3 is 0 Å². The summed E-state index contributed by atoms with van der Waals surface area (Å²) in [7, 11) is 0. The Balaban J connectivity index is 1.63. The highest BCUT2D eigenvalue weighted by atomic mass is 35.5. The Kier molecular flexibility index (Phi) is 4.73. The van der Waals surface area contributed by atoms with Gasteiger partial charge in [-0.05, 0) is 30.7 Å². The number of imidazole rings is 1. The molecule has 5 aromatic rings. The molecule has 3 heterocycles. The monoisotopic (exact) mass is 434 g/mol. The van der Waals surface area contributed by atoms with Crippen LogP contribution >= 0.6 is 23.2 Å². The highest BCUT2D eigenvalue weighted by Crippen LogP contribution is 2.33. The molecule has 0 atom stereocenters. The first-order valence-corrected chi connectivity index (χ1v) is 10.1. The van der Waals surface area contributed by atoms with Crippen molar-refractivity contribution < 1.29 is 0 Å². The average Bonchev–Trinajstić information content (AvgIpc) is 3.21. The Morgan fingerprint density at radius 1 is 0.967 bits per heavy atom. The van der Waals surface area contributed by atoms with Crippen LogP contribution in [0.15, 0.2) is 54.9 Å². The number of fused-ring (bicyclic) bond motifs is 2. The van der Waals surface area contributed by atoms with E-state index >= 15 is 0 Å². The first-order chi connectivity index (χ1) is 14.6. The van der Waals surface area contributed by atoms with Crippen LogP contribution in [0.4, 0.5) is 5.82 Å². The maximum atomic E-state index is 6.50. The van der Waals surface area contributed by atoms with Gasteiger partial charge in [0.15, 0.2) is 11.5 Å². The molecule has 0 radical (unpaired) electrons. The minimum absolute atomic E-state index is 0.487. The summed E-state index contributed by atoms with van der Waals surface area (Å²) in [5.74, 6) is 1.33. The van der Waals surface area contributed by atoms with E-state index in [1.165, 1.54) is 0 Å². The van der Waals surface area contributed by atoms with E-state index in [0.717, 1.165) is 33.2 Å². The van der Waals surface area contributed by atoms with Crippen LogP contribution in [0.5, 0.6) is 0 Å². The number of para-hydroxylation sites is 1. The molecular formula is C22H16Cl2N6. The number of anilines is 1. The molecule has 5 rings (SSSR count). The summed E-state index contributed by atoms with van der Waals surface area (Å²) in [6, 6.07) is 15.5. The van der Waals surface area contributed by atoms with Gasteiger partial charge in [-0.15, -0.1) is 0 Å². The number of rotatable bonds is 4. The minimum atomic E-state index is 0.487. The van der Waals surface area contributed by atoms with Gasteiger partial charge in [0, 0.05) is 22.5 Å². The zero-order valence-electron chi connectivity index (χ0n) is 15.9. The molecule has 0 saturated heterocycles. The van der Waals surface area contributed by atoms with Crippen molar-refractivity contribution >= 4 is 51.1 Å². The number of hydrogen-bond donors (Lipinski definition) is 2. The van der Waals surface area contributed by atoms with Gasteiger partial charge in [0.2, 0.25) is 0 Å². The van der Waals surface area contributed by atoms with Crippen LogP contribution in [-0.4, -0.2) is 24.9 Å². The van der Waals surface area contributed by atoms with Crippen molar-refractivity contribution in [3.8, 4) is 11.3 Å². The van der Waals surface area contributed by atoms with E-state index in [9.17, 15) is 0 Å². The summed E-state index contributed by atoms with van der Waals surface area (Å²) in [6.45, 7) is 2.33. The van der Waals surface area contributed by atoms with Gasteiger partial charge in [0.25, 0.3) is 0 Å². The van der Waals surface area contributed by atoms with Crippen molar-refractivity contribution in [1.82, 2.24) is 24.9 Å². The Bertz CT molecular complexity index is 1400. The van der Waals surface area contributed by atoms with E-state index in [1.807, 2.05) is 49.4 Å². The van der Waals surface area contributed by atoms with Crippen molar-refractivity contribution in [2.75, 3.05) is 5.32 Å². The van der Waals surface area contributed by atoms with Crippen LogP contribution in [0.3, 0.4) is 0 Å². The molecule has 0 unspecified atom stereocenters. The molecule has 0 saturated carbocycles. The number of pyridine rings is 1. The molecule has 0 fully saturated rings. The molecule has 0 aliphatic rings. The number of aryl methyl sites for hydroxylation is 1. The van der Waals surface area contributed by atoms with E-state index in [1.54, 1.807) is 6.33 Å². The quantitative estimate of drug-likeness (QED) is 0.373. The number of nitrogens with zero attached hydrogens (tertiary/aromatic N) is 4. The number of H-pyrrole nitrogens is 1. The molecule has 0 spiro atoms. The van der Waals surface area contributed by atoms with Crippen LogP contribution < -0.4 is 5.32 Å². The second-order valence-corrected chi connectivity index (χ2v) is 7.68. The first kappa shape index (κ1) is 18.8. The molecule has 0 aliphatic carbocycles. The summed E-state index contributed by atoms with van der Waals surface area (Å²) in [6.07, 6.45) is 1.61. The third-order valence-corrected chi connectivity index (χ3v) is 5.48. The van der Waals surface area contributed by atoms with Gasteiger partial charge in [-0.3, -0.25) is 0 Å². The van der Waals surface area contributed by atoms with Gasteiger partial charge in [0.1, 0.15) is 11.3 Å². The van der Waals surface area contributed by atoms with Crippen LogP contribution in [0.25, 0.3) is 33.3 Å². The lowest BCUT2D eigenvalue weighted by atomic mass is 10.0. The molecule has 0 bridgehead atoms. The number of aromatic nitrogens is 5. The number of hydrogen-bond acceptors (Lipinski definition) is 5. The van der Waals surface area contributed by atoms with Crippen molar-refractivity contribution in [3.05, 3.63) is 76.3 Å². The smallest absolute Gasteiger partial charge is 0.183 e. The molecular weight excluding hydrogens is 419 g/mol. The third-order valence-electron chi connectivity index (χ3n) is 4.85. The SMILES string of the molecule is Cc1nc(NCc2cc3cccc(Cl)c3nc2-c2ccccc2Cl)c2[nH]cnc2n1. The van der Waals surface area contributed by atoms with E-state index < -0.39 is 0 Å². The molecule has 8 heteroatoms. The van der Waals surface area contributed by atoms with Gasteiger partial charge in [0.05, 0.1) is 22.6 Å². The lowest BCUT2D eigenvalue weighted by molar-refractivity contribution is 1.04. The fraction of sp³-hybridized carbons (Fsp3) is 0.0909. The summed E-state index contributed by atoms with van der Waals surface area (Å²) in [4.78, 5) is 21.1. The number of benzene rings is 2. The predicted octanol–water partition coefficient (Wildman–Crippen LogP) is 5.80. The van der Waals surface area contributed by atoms with Crippen LogP contribution in [0.2, 0.25) is 10.0 Å². The summed E-state index contributed by atoms with van der Waals surface area (Å²) in [5.41, 5.74) is 4.73. The van der Waals surface area contributed by atoms with Crippen LogP contribution in [-0.2, 0) is 6.54 Å². The number of aromatic amines is 1. The van der Waals surface area contributed by atoms with Crippen molar-refractivity contribution in [2.45, 2.75) is 13.5 Å². The largest absolute Gasteiger partial charge is 0.364 e. The topological polar surface area (TPSA) is 79.4 Å². The van der Waals surface area contributed by atoms with Gasteiger partial charge in [-0.25, -0.2) is 19.9 Å². The second-order valence-electron chi connectivity index (χ2n) is 6.86. The third kappa shape index (κ3) is 3.34. The fourth-order valence-corrected chi connectivity index (χ4v) is 3.93. The lowest BCUT2D eigenvalue weighted by Crippen LogP contribution is -2.06. The highest BCUT2D eigenvalue weighted by Gasteiger charge is 2.15. The van der Waals surface area contributed by atoms with Gasteiger partial charge in [-0.1, -0.05) is 53.5 Å². The molecule has 3 aromatic heterocycles. The number of nitrogens with one attached hydrogen (secondary N) is 2. The van der Waals surface area contributed by atoms with Crippen molar-refractivity contribution in [3.63, 3.8) is 0 Å². The zero-order valence-corrected chi connectivity index (χ0v) is 17.5. The van der Waals surface area contributed by atoms with Gasteiger partial charge < -0.3 is 10.3 Å². The second kappa shape index (κ2) is 7.55. The lowest BCUT2D eigenvalue weighted by Gasteiger charge is -2.14. The summed E-state index contributed by atoms with van der Waals surface area (Å²) < 4.78 is 0. The maximum absolute atomic E-state index is 6.50. The molecule has 0 aliphatic heterocycles. The fourth-order valence-electron chi connectivity index (χ4n) is 3.48. The van der Waals surface area contributed by atoms with Crippen LogP contribution in [0.1, 0.15) is 11.4 Å². The molecule has 2 aromatic carbocycles. The first-order valence-electron chi connectivity index (χ1n) is 9.35. The summed E-state index contributed by atoms with van der Waals surface area (Å²) in [5, 5.41) is 5.59. The standard InChI is InChI=1S/C22H16Cl2N6/c1-12-28-21(20-22(29-12)27-11-26-20)25-10-14-9-13-5-4-8-17(24)19(13)30-18(14)15-6-2-3-7-16(15)23/h2-9,11H,10H2,1H3,(H2,25,26,27,28,29). The van der Waals surface area contributed by atoms with E-state index in [4.69, 9.17) is 28.2 Å². The van der Waals surface area contributed by atoms with E-state index in [2.05, 4.69) is 31.3 Å². The van der Waals surface area contributed by atoms with E-state index in [-0.39, 0.29) is 0 Å². The molecule has 0 amide bonds. The predicted molar refractivity (Wildman–Crippen MR) is 121 cm³/mol. The Morgan fingerprint density at radius 2 is 1.80 bits per heavy atom. The number of halogens is 2. The molecule has 30 heavy (non-hydrogen) atoms. The van der Waals surface area contributed by atoms with Crippen molar-refractivity contribution in [1.29, 1.82) is 0 Å². The maximum Gasteiger partial charge on any atom is 0.183 e. The average molecular weight is 435 g/mol. The molecule has 148 valence electrons. The summed E-state index contributed by atoms with van der Waals surface area (Å²) >= 11 is 12.9. The molecule has 6 nitrogen and oxygen atoms in total. The Labute approximate surface area is 182 Å². The van der Waals surface area contributed by atoms with Gasteiger partial charge in [-0.2, -0.15) is 0 Å².